The van der Waals surface area contributed by atoms with Crippen molar-refractivity contribution in [2.45, 2.75) is 18.3 Å². The van der Waals surface area contributed by atoms with Crippen LogP contribution in [-0.2, 0) is 10.2 Å². The fourth-order valence-electron chi connectivity index (χ4n) is 3.30. The van der Waals surface area contributed by atoms with E-state index in [9.17, 15) is 17.6 Å². The van der Waals surface area contributed by atoms with Crippen molar-refractivity contribution in [1.82, 2.24) is 4.98 Å². The maximum Gasteiger partial charge on any atom is 0.253 e. The molecule has 0 unspecified atom stereocenters. The zero-order chi connectivity index (χ0) is 19.6. The molecule has 1 aromatic heterocycles. The monoisotopic (exact) mass is 404 g/mol. The Kier molecular flexibility index (Phi) is 5.76. The Balaban J connectivity index is 2.00. The first-order chi connectivity index (χ1) is 12.9. The minimum absolute atomic E-state index is 0.0101. The molecule has 1 aliphatic heterocycles. The van der Waals surface area contributed by atoms with Crippen LogP contribution in [0.2, 0.25) is 5.02 Å². The van der Waals surface area contributed by atoms with Gasteiger partial charge in [-0.3, -0.25) is 0 Å². The number of benzene rings is 1. The zero-order valence-electron chi connectivity index (χ0n) is 14.4. The standard InChI is InChI=1S/C18H17ClF4N2O2/c1-26-12-3-2-10(19)8-11(12)18(4-6-27-7-5-18)9-24-15-13(20)16(22)25-17(23)14(15)21/h2-3,8H,4-7,9H2,1H3,(H,24,25). The van der Waals surface area contributed by atoms with Gasteiger partial charge in [-0.05, 0) is 31.0 Å². The highest BCUT2D eigenvalue weighted by Crippen LogP contribution is 2.41. The van der Waals surface area contributed by atoms with Gasteiger partial charge in [0.2, 0.25) is 11.6 Å². The predicted molar refractivity (Wildman–Crippen MR) is 92.3 cm³/mol. The van der Waals surface area contributed by atoms with Crippen LogP contribution in [0.25, 0.3) is 0 Å². The Morgan fingerprint density at radius 1 is 1.15 bits per heavy atom. The lowest BCUT2D eigenvalue weighted by Crippen LogP contribution is -2.40. The minimum Gasteiger partial charge on any atom is -0.496 e. The first-order valence-electron chi connectivity index (χ1n) is 8.23. The highest BCUT2D eigenvalue weighted by Gasteiger charge is 2.37. The molecule has 2 aromatic rings. The Bertz CT molecular complexity index is 818. The van der Waals surface area contributed by atoms with Crippen molar-refractivity contribution >= 4 is 17.3 Å². The maximum absolute atomic E-state index is 14.0. The largest absolute Gasteiger partial charge is 0.496 e. The number of methoxy groups -OCH3 is 1. The second-order valence-corrected chi connectivity index (χ2v) is 6.72. The highest BCUT2D eigenvalue weighted by atomic mass is 35.5. The van der Waals surface area contributed by atoms with Crippen LogP contribution in [0.1, 0.15) is 18.4 Å². The Labute approximate surface area is 158 Å². The summed E-state index contributed by atoms with van der Waals surface area (Å²) in [5.41, 5.74) is -0.833. The summed E-state index contributed by atoms with van der Waals surface area (Å²) in [6.07, 6.45) is 0.992. The number of hydrogen-bond donors (Lipinski definition) is 1. The van der Waals surface area contributed by atoms with Crippen LogP contribution >= 0.6 is 11.6 Å². The molecular weight excluding hydrogens is 388 g/mol. The third kappa shape index (κ3) is 3.82. The summed E-state index contributed by atoms with van der Waals surface area (Å²) in [6, 6.07) is 5.08. The quantitative estimate of drug-likeness (QED) is 0.590. The molecular formula is C18H17ClF4N2O2. The summed E-state index contributed by atoms with van der Waals surface area (Å²) < 4.78 is 65.5. The van der Waals surface area contributed by atoms with Crippen molar-refractivity contribution in [1.29, 1.82) is 0 Å². The van der Waals surface area contributed by atoms with Gasteiger partial charge in [0.25, 0.3) is 11.9 Å². The van der Waals surface area contributed by atoms with E-state index in [2.05, 4.69) is 10.3 Å². The van der Waals surface area contributed by atoms with Gasteiger partial charge >= 0.3 is 0 Å². The van der Waals surface area contributed by atoms with Gasteiger partial charge in [-0.25, -0.2) is 0 Å². The van der Waals surface area contributed by atoms with E-state index in [1.54, 1.807) is 18.2 Å². The van der Waals surface area contributed by atoms with Crippen LogP contribution in [0.4, 0.5) is 23.2 Å². The summed E-state index contributed by atoms with van der Waals surface area (Å²) in [7, 11) is 1.50. The number of aromatic nitrogens is 1. The molecule has 3 rings (SSSR count). The molecule has 0 bridgehead atoms. The molecule has 0 amide bonds. The fraction of sp³-hybridized carbons (Fsp3) is 0.389. The van der Waals surface area contributed by atoms with Gasteiger partial charge in [0.15, 0.2) is 0 Å². The van der Waals surface area contributed by atoms with E-state index in [0.717, 1.165) is 5.56 Å². The summed E-state index contributed by atoms with van der Waals surface area (Å²) in [4.78, 5) is 2.56. The van der Waals surface area contributed by atoms with Crippen molar-refractivity contribution in [3.63, 3.8) is 0 Å². The van der Waals surface area contributed by atoms with E-state index >= 15 is 0 Å². The van der Waals surface area contributed by atoms with Crippen LogP contribution < -0.4 is 10.1 Å². The Morgan fingerprint density at radius 2 is 1.78 bits per heavy atom. The van der Waals surface area contributed by atoms with Crippen molar-refractivity contribution in [2.24, 2.45) is 0 Å². The van der Waals surface area contributed by atoms with Crippen LogP contribution in [-0.4, -0.2) is 31.9 Å². The maximum atomic E-state index is 14.0. The summed E-state index contributed by atoms with van der Waals surface area (Å²) in [5.74, 6) is -6.02. The zero-order valence-corrected chi connectivity index (χ0v) is 15.2. The molecule has 9 heteroatoms. The third-order valence-corrected chi connectivity index (χ3v) is 5.02. The third-order valence-electron chi connectivity index (χ3n) is 4.78. The van der Waals surface area contributed by atoms with Crippen LogP contribution in [0.5, 0.6) is 5.75 Å². The minimum atomic E-state index is -1.71. The van der Waals surface area contributed by atoms with Gasteiger partial charge in [-0.2, -0.15) is 22.5 Å². The van der Waals surface area contributed by atoms with Gasteiger partial charge in [-0.1, -0.05) is 11.6 Å². The number of nitrogens with zero attached hydrogens (tertiary/aromatic N) is 1. The molecule has 0 radical (unpaired) electrons. The van der Waals surface area contributed by atoms with Gasteiger partial charge in [0, 0.05) is 35.8 Å². The van der Waals surface area contributed by atoms with E-state index in [1.165, 1.54) is 7.11 Å². The normalized spacial score (nSPS) is 16.2. The summed E-state index contributed by atoms with van der Waals surface area (Å²) >= 11 is 6.13. The van der Waals surface area contributed by atoms with E-state index in [0.29, 0.717) is 36.8 Å². The molecule has 1 aromatic carbocycles. The number of ether oxygens (including phenoxy) is 2. The number of halogens is 5. The molecule has 0 spiro atoms. The van der Waals surface area contributed by atoms with Gasteiger partial charge < -0.3 is 14.8 Å². The van der Waals surface area contributed by atoms with Gasteiger partial charge in [-0.15, -0.1) is 0 Å². The number of rotatable bonds is 5. The van der Waals surface area contributed by atoms with E-state index < -0.39 is 34.6 Å². The molecule has 1 saturated heterocycles. The SMILES string of the molecule is COc1ccc(Cl)cc1C1(CNc2c(F)c(F)nc(F)c2F)CCOCC1. The molecule has 1 N–H and O–H groups in total. The van der Waals surface area contributed by atoms with Gasteiger partial charge in [0.05, 0.1) is 7.11 Å². The predicted octanol–water partition coefficient (Wildman–Crippen LogP) is 4.46. The molecule has 0 saturated carbocycles. The molecule has 4 nitrogen and oxygen atoms in total. The fourth-order valence-corrected chi connectivity index (χ4v) is 3.47. The van der Waals surface area contributed by atoms with Gasteiger partial charge in [0.1, 0.15) is 11.4 Å². The molecule has 27 heavy (non-hydrogen) atoms. The van der Waals surface area contributed by atoms with Crippen molar-refractivity contribution in [3.8, 4) is 5.75 Å². The lowest BCUT2D eigenvalue weighted by molar-refractivity contribution is 0.0535. The first kappa shape index (κ1) is 19.7. The van der Waals surface area contributed by atoms with E-state index in [4.69, 9.17) is 21.1 Å². The number of pyridine rings is 1. The lowest BCUT2D eigenvalue weighted by Gasteiger charge is -2.39. The first-order valence-corrected chi connectivity index (χ1v) is 8.61. The number of nitrogens with one attached hydrogen (secondary N) is 1. The summed E-state index contributed by atoms with van der Waals surface area (Å²) in [5, 5.41) is 2.99. The molecule has 1 fully saturated rings. The van der Waals surface area contributed by atoms with Crippen LogP contribution in [0, 0.1) is 23.5 Å². The van der Waals surface area contributed by atoms with Crippen LogP contribution in [0.3, 0.4) is 0 Å². The average Bonchev–Trinajstić information content (AvgIpc) is 2.67. The van der Waals surface area contributed by atoms with E-state index in [1.807, 2.05) is 0 Å². The van der Waals surface area contributed by atoms with E-state index in [-0.39, 0.29) is 6.54 Å². The van der Waals surface area contributed by atoms with Crippen molar-refractivity contribution in [2.75, 3.05) is 32.2 Å². The van der Waals surface area contributed by atoms with Crippen LogP contribution in [0.15, 0.2) is 18.2 Å². The summed E-state index contributed by atoms with van der Waals surface area (Å²) in [6.45, 7) is 0.798. The topological polar surface area (TPSA) is 43.4 Å². The highest BCUT2D eigenvalue weighted by molar-refractivity contribution is 6.30. The smallest absolute Gasteiger partial charge is 0.253 e. The number of hydrogen-bond acceptors (Lipinski definition) is 4. The van der Waals surface area contributed by atoms with Crippen molar-refractivity contribution in [3.05, 3.63) is 52.3 Å². The Morgan fingerprint density at radius 3 is 2.37 bits per heavy atom. The Hall–Kier alpha value is -2.06. The second kappa shape index (κ2) is 7.90. The average molecular weight is 405 g/mol. The second-order valence-electron chi connectivity index (χ2n) is 6.29. The molecule has 146 valence electrons. The molecule has 2 heterocycles. The molecule has 0 atom stereocenters. The molecule has 0 aliphatic carbocycles. The number of anilines is 1. The molecule has 1 aliphatic rings. The lowest BCUT2D eigenvalue weighted by atomic mass is 9.73. The van der Waals surface area contributed by atoms with Crippen molar-refractivity contribution < 1.29 is 27.0 Å².